The molecule has 0 unspecified atom stereocenters. The maximum Gasteiger partial charge on any atom is 0.338 e. The minimum absolute atomic E-state index is 0.0350. The lowest BCUT2D eigenvalue weighted by Crippen LogP contribution is -2.15. The van der Waals surface area contributed by atoms with E-state index in [-0.39, 0.29) is 11.9 Å². The number of carbonyl (C=O) groups is 2. The Balaban J connectivity index is 1.78. The lowest BCUT2D eigenvalue weighted by Gasteiger charge is -2.16. The molecule has 0 atom stereocenters. The molecule has 2 aromatic carbocycles. The molecule has 1 heterocycles. The SMILES string of the molecule is CCCC(=O)Nc1c(NCc2ccc(-c3ccccc3C(=O)OC)cc2)ncc(Br)c1C. The van der Waals surface area contributed by atoms with Gasteiger partial charge in [-0.05, 0) is 57.6 Å². The van der Waals surface area contributed by atoms with Crippen LogP contribution in [0.1, 0.15) is 41.3 Å². The molecule has 0 radical (unpaired) electrons. The van der Waals surface area contributed by atoms with Gasteiger partial charge in [0.25, 0.3) is 0 Å². The average molecular weight is 496 g/mol. The van der Waals surface area contributed by atoms with E-state index < -0.39 is 0 Å². The summed E-state index contributed by atoms with van der Waals surface area (Å²) in [5.41, 5.74) is 4.92. The highest BCUT2D eigenvalue weighted by atomic mass is 79.9. The highest BCUT2D eigenvalue weighted by molar-refractivity contribution is 9.10. The number of ether oxygens (including phenoxy) is 1. The van der Waals surface area contributed by atoms with Crippen LogP contribution in [0.15, 0.2) is 59.2 Å². The van der Waals surface area contributed by atoms with Crippen LogP contribution in [0.5, 0.6) is 0 Å². The quantitative estimate of drug-likeness (QED) is 0.377. The van der Waals surface area contributed by atoms with Gasteiger partial charge in [-0.3, -0.25) is 4.79 Å². The van der Waals surface area contributed by atoms with Crippen molar-refractivity contribution in [2.45, 2.75) is 33.2 Å². The lowest BCUT2D eigenvalue weighted by molar-refractivity contribution is -0.116. The second kappa shape index (κ2) is 10.9. The molecule has 0 fully saturated rings. The molecular weight excluding hydrogens is 470 g/mol. The normalized spacial score (nSPS) is 10.5. The van der Waals surface area contributed by atoms with Gasteiger partial charge in [0, 0.05) is 23.6 Å². The molecule has 1 amide bonds. The van der Waals surface area contributed by atoms with Gasteiger partial charge in [-0.15, -0.1) is 0 Å². The molecule has 0 aliphatic heterocycles. The number of anilines is 2. The largest absolute Gasteiger partial charge is 0.465 e. The van der Waals surface area contributed by atoms with Crippen molar-refractivity contribution in [2.75, 3.05) is 17.7 Å². The number of benzene rings is 2. The van der Waals surface area contributed by atoms with E-state index in [1.54, 1.807) is 12.3 Å². The third-order valence-corrected chi connectivity index (χ3v) is 5.88. The van der Waals surface area contributed by atoms with Gasteiger partial charge in [-0.2, -0.15) is 0 Å². The Morgan fingerprint density at radius 1 is 1.09 bits per heavy atom. The third kappa shape index (κ3) is 5.53. The van der Waals surface area contributed by atoms with Gasteiger partial charge in [0.05, 0.1) is 18.4 Å². The minimum Gasteiger partial charge on any atom is -0.465 e. The molecule has 0 aliphatic carbocycles. The monoisotopic (exact) mass is 495 g/mol. The fourth-order valence-electron chi connectivity index (χ4n) is 3.31. The Bertz CT molecular complexity index is 1110. The molecule has 0 spiro atoms. The van der Waals surface area contributed by atoms with Crippen LogP contribution >= 0.6 is 15.9 Å². The molecule has 32 heavy (non-hydrogen) atoms. The summed E-state index contributed by atoms with van der Waals surface area (Å²) in [4.78, 5) is 28.7. The van der Waals surface area contributed by atoms with Gasteiger partial charge in [0.1, 0.15) is 5.82 Å². The first-order chi connectivity index (χ1) is 15.4. The Labute approximate surface area is 196 Å². The van der Waals surface area contributed by atoms with Crippen LogP contribution in [0.2, 0.25) is 0 Å². The van der Waals surface area contributed by atoms with Gasteiger partial charge < -0.3 is 15.4 Å². The highest BCUT2D eigenvalue weighted by Crippen LogP contribution is 2.30. The number of pyridine rings is 1. The molecule has 0 aliphatic rings. The van der Waals surface area contributed by atoms with Crippen molar-refractivity contribution in [3.8, 4) is 11.1 Å². The predicted molar refractivity (Wildman–Crippen MR) is 131 cm³/mol. The summed E-state index contributed by atoms with van der Waals surface area (Å²) >= 11 is 3.48. The van der Waals surface area contributed by atoms with Gasteiger partial charge in [-0.25, -0.2) is 9.78 Å². The first kappa shape index (κ1) is 23.5. The number of hydrogen-bond donors (Lipinski definition) is 2. The lowest BCUT2D eigenvalue weighted by atomic mass is 9.98. The zero-order valence-electron chi connectivity index (χ0n) is 18.4. The van der Waals surface area contributed by atoms with Gasteiger partial charge in [0.15, 0.2) is 0 Å². The molecular formula is C25H26BrN3O3. The first-order valence-electron chi connectivity index (χ1n) is 10.4. The van der Waals surface area contributed by atoms with Crippen LogP contribution in [0, 0.1) is 6.92 Å². The topological polar surface area (TPSA) is 80.3 Å². The van der Waals surface area contributed by atoms with Crippen LogP contribution in [0.3, 0.4) is 0 Å². The fourth-order valence-corrected chi connectivity index (χ4v) is 3.61. The smallest absolute Gasteiger partial charge is 0.338 e. The van der Waals surface area contributed by atoms with Gasteiger partial charge in [0.2, 0.25) is 5.91 Å². The molecule has 1 aromatic heterocycles. The van der Waals surface area contributed by atoms with Crippen molar-refractivity contribution in [3.05, 3.63) is 75.9 Å². The van der Waals surface area contributed by atoms with E-state index in [2.05, 4.69) is 31.5 Å². The van der Waals surface area contributed by atoms with Crippen molar-refractivity contribution in [1.82, 2.24) is 4.98 Å². The number of amides is 1. The number of aromatic nitrogens is 1. The van der Waals surface area contributed by atoms with Crippen LogP contribution in [0.25, 0.3) is 11.1 Å². The summed E-state index contributed by atoms with van der Waals surface area (Å²) in [6.45, 7) is 4.44. The van der Waals surface area contributed by atoms with E-state index in [9.17, 15) is 9.59 Å². The van der Waals surface area contributed by atoms with Gasteiger partial charge in [-0.1, -0.05) is 49.4 Å². The molecule has 3 aromatic rings. The number of methoxy groups -OCH3 is 1. The maximum absolute atomic E-state index is 12.2. The van der Waals surface area contributed by atoms with E-state index >= 15 is 0 Å². The summed E-state index contributed by atoms with van der Waals surface area (Å²) < 4.78 is 5.73. The van der Waals surface area contributed by atoms with Crippen LogP contribution in [-0.2, 0) is 16.1 Å². The third-order valence-electron chi connectivity index (χ3n) is 5.08. The highest BCUT2D eigenvalue weighted by Gasteiger charge is 2.14. The summed E-state index contributed by atoms with van der Waals surface area (Å²) in [7, 11) is 1.38. The summed E-state index contributed by atoms with van der Waals surface area (Å²) in [5, 5.41) is 6.29. The fraction of sp³-hybridized carbons (Fsp3) is 0.240. The van der Waals surface area contributed by atoms with Crippen molar-refractivity contribution < 1.29 is 14.3 Å². The Morgan fingerprint density at radius 2 is 1.81 bits per heavy atom. The molecule has 3 rings (SSSR count). The van der Waals surface area contributed by atoms with Crippen LogP contribution in [0.4, 0.5) is 11.5 Å². The van der Waals surface area contributed by atoms with Gasteiger partial charge >= 0.3 is 5.97 Å². The number of hydrogen-bond acceptors (Lipinski definition) is 5. The second-order valence-electron chi connectivity index (χ2n) is 7.34. The Morgan fingerprint density at radius 3 is 2.50 bits per heavy atom. The van der Waals surface area contributed by atoms with Crippen molar-refractivity contribution >= 4 is 39.3 Å². The molecule has 0 saturated heterocycles. The number of halogens is 1. The van der Waals surface area contributed by atoms with E-state index in [1.165, 1.54) is 7.11 Å². The van der Waals surface area contributed by atoms with Crippen molar-refractivity contribution in [1.29, 1.82) is 0 Å². The maximum atomic E-state index is 12.2. The average Bonchev–Trinajstić information content (AvgIpc) is 2.81. The Kier molecular flexibility index (Phi) is 8.00. The molecule has 0 saturated carbocycles. The standard InChI is InChI=1S/C25H26BrN3O3/c1-4-7-22(30)29-23-16(2)21(26)15-28-24(23)27-14-17-10-12-18(13-11-17)19-8-5-6-9-20(19)25(31)32-3/h5-6,8-13,15H,4,7,14H2,1-3H3,(H,27,28)(H,29,30). The summed E-state index contributed by atoms with van der Waals surface area (Å²) in [5.74, 6) is 0.225. The molecule has 166 valence electrons. The number of carbonyl (C=O) groups excluding carboxylic acids is 2. The van der Waals surface area contributed by atoms with Crippen molar-refractivity contribution in [3.63, 3.8) is 0 Å². The molecule has 2 N–H and O–H groups in total. The first-order valence-corrected chi connectivity index (χ1v) is 11.2. The Hall–Kier alpha value is -3.19. The molecule has 6 nitrogen and oxygen atoms in total. The molecule has 7 heteroatoms. The zero-order chi connectivity index (χ0) is 23.1. The molecule has 0 bridgehead atoms. The van der Waals surface area contributed by atoms with Crippen LogP contribution in [-0.4, -0.2) is 24.0 Å². The minimum atomic E-state index is -0.360. The number of rotatable bonds is 8. The van der Waals surface area contributed by atoms with E-state index in [0.29, 0.717) is 30.0 Å². The zero-order valence-corrected chi connectivity index (χ0v) is 20.0. The number of esters is 1. The second-order valence-corrected chi connectivity index (χ2v) is 8.19. The van der Waals surface area contributed by atoms with E-state index in [4.69, 9.17) is 4.74 Å². The van der Waals surface area contributed by atoms with Crippen LogP contribution < -0.4 is 10.6 Å². The number of nitrogens with one attached hydrogen (secondary N) is 2. The van der Waals surface area contributed by atoms with Crippen molar-refractivity contribution in [2.24, 2.45) is 0 Å². The van der Waals surface area contributed by atoms with E-state index in [1.807, 2.05) is 56.3 Å². The van der Waals surface area contributed by atoms with E-state index in [0.717, 1.165) is 33.1 Å². The summed E-state index contributed by atoms with van der Waals surface area (Å²) in [6.07, 6.45) is 2.96. The predicted octanol–water partition coefficient (Wildman–Crippen LogP) is 5.96. The summed E-state index contributed by atoms with van der Waals surface area (Å²) in [6, 6.07) is 15.3. The number of nitrogens with zero attached hydrogens (tertiary/aromatic N) is 1.